The SMILES string of the molecule is CN(C)S(=O)(=O)c1cccc(CN2CCc3ccccc3C2)c1. The summed E-state index contributed by atoms with van der Waals surface area (Å²) < 4.78 is 25.8. The third-order valence-corrected chi connectivity index (χ3v) is 6.10. The largest absolute Gasteiger partial charge is 0.294 e. The topological polar surface area (TPSA) is 40.6 Å². The summed E-state index contributed by atoms with van der Waals surface area (Å²) in [6.45, 7) is 2.69. The summed E-state index contributed by atoms with van der Waals surface area (Å²) in [5, 5.41) is 0. The minimum Gasteiger partial charge on any atom is -0.294 e. The first kappa shape index (κ1) is 16.2. The summed E-state index contributed by atoms with van der Waals surface area (Å²) in [5.41, 5.74) is 3.83. The van der Waals surface area contributed by atoms with Crippen LogP contribution < -0.4 is 0 Å². The van der Waals surface area contributed by atoms with Crippen LogP contribution in [0.25, 0.3) is 0 Å². The first-order valence-corrected chi connectivity index (χ1v) is 9.21. The predicted molar refractivity (Wildman–Crippen MR) is 91.6 cm³/mol. The Kier molecular flexibility index (Phi) is 4.53. The van der Waals surface area contributed by atoms with E-state index in [2.05, 4.69) is 29.2 Å². The molecule has 0 aliphatic carbocycles. The fourth-order valence-electron chi connectivity index (χ4n) is 2.96. The Bertz CT molecular complexity index is 800. The van der Waals surface area contributed by atoms with E-state index in [9.17, 15) is 8.42 Å². The van der Waals surface area contributed by atoms with Gasteiger partial charge in [-0.15, -0.1) is 0 Å². The van der Waals surface area contributed by atoms with Gasteiger partial charge < -0.3 is 0 Å². The van der Waals surface area contributed by atoms with Crippen LogP contribution in [0.5, 0.6) is 0 Å². The van der Waals surface area contributed by atoms with E-state index in [-0.39, 0.29) is 0 Å². The lowest BCUT2D eigenvalue weighted by Crippen LogP contribution is -2.30. The minimum atomic E-state index is -3.37. The molecule has 122 valence electrons. The Labute approximate surface area is 138 Å². The van der Waals surface area contributed by atoms with Crippen molar-refractivity contribution in [1.82, 2.24) is 9.21 Å². The maximum atomic E-state index is 12.3. The number of nitrogens with zero attached hydrogens (tertiary/aromatic N) is 2. The molecule has 0 aromatic heterocycles. The van der Waals surface area contributed by atoms with Gasteiger partial charge in [0.2, 0.25) is 10.0 Å². The van der Waals surface area contributed by atoms with Crippen molar-refractivity contribution in [2.45, 2.75) is 24.4 Å². The van der Waals surface area contributed by atoms with Crippen molar-refractivity contribution in [2.24, 2.45) is 0 Å². The van der Waals surface area contributed by atoms with E-state index in [0.29, 0.717) is 4.90 Å². The van der Waals surface area contributed by atoms with E-state index in [1.807, 2.05) is 12.1 Å². The Morgan fingerprint density at radius 1 is 1.04 bits per heavy atom. The maximum Gasteiger partial charge on any atom is 0.242 e. The van der Waals surface area contributed by atoms with Gasteiger partial charge in [-0.1, -0.05) is 36.4 Å². The zero-order valence-corrected chi connectivity index (χ0v) is 14.4. The number of rotatable bonds is 4. The molecule has 1 heterocycles. The van der Waals surface area contributed by atoms with E-state index >= 15 is 0 Å². The van der Waals surface area contributed by atoms with Crippen molar-refractivity contribution in [2.75, 3.05) is 20.6 Å². The van der Waals surface area contributed by atoms with Gasteiger partial charge in [0.25, 0.3) is 0 Å². The van der Waals surface area contributed by atoms with Crippen molar-refractivity contribution < 1.29 is 8.42 Å². The van der Waals surface area contributed by atoms with Crippen molar-refractivity contribution in [3.8, 4) is 0 Å². The van der Waals surface area contributed by atoms with Crippen LogP contribution in [-0.2, 0) is 29.5 Å². The normalized spacial score (nSPS) is 15.6. The quantitative estimate of drug-likeness (QED) is 0.865. The molecule has 4 nitrogen and oxygen atoms in total. The van der Waals surface area contributed by atoms with Crippen LogP contribution in [-0.4, -0.2) is 38.3 Å². The lowest BCUT2D eigenvalue weighted by Gasteiger charge is -2.28. The molecule has 1 aliphatic rings. The minimum absolute atomic E-state index is 0.359. The molecule has 0 spiro atoms. The molecule has 0 amide bonds. The van der Waals surface area contributed by atoms with Crippen molar-refractivity contribution >= 4 is 10.0 Å². The highest BCUT2D eigenvalue weighted by Gasteiger charge is 2.19. The monoisotopic (exact) mass is 330 g/mol. The second-order valence-corrected chi connectivity index (χ2v) is 8.32. The van der Waals surface area contributed by atoms with Crippen LogP contribution in [0, 0.1) is 0 Å². The zero-order chi connectivity index (χ0) is 16.4. The fraction of sp³-hybridized carbons (Fsp3) is 0.333. The Morgan fingerprint density at radius 3 is 2.52 bits per heavy atom. The molecular formula is C18H22N2O2S. The zero-order valence-electron chi connectivity index (χ0n) is 13.6. The van der Waals surface area contributed by atoms with E-state index < -0.39 is 10.0 Å². The molecule has 0 N–H and O–H groups in total. The van der Waals surface area contributed by atoms with Crippen LogP contribution in [0.2, 0.25) is 0 Å². The standard InChI is InChI=1S/C18H22N2O2S/c1-19(2)23(21,22)18-9-5-6-15(12-18)13-20-11-10-16-7-3-4-8-17(16)14-20/h3-9,12H,10-11,13-14H2,1-2H3. The highest BCUT2D eigenvalue weighted by atomic mass is 32.2. The number of fused-ring (bicyclic) bond motifs is 1. The van der Waals surface area contributed by atoms with Crippen LogP contribution in [0.4, 0.5) is 0 Å². The van der Waals surface area contributed by atoms with Crippen molar-refractivity contribution in [3.05, 3.63) is 65.2 Å². The Morgan fingerprint density at radius 2 is 1.78 bits per heavy atom. The molecule has 0 bridgehead atoms. The smallest absolute Gasteiger partial charge is 0.242 e. The van der Waals surface area contributed by atoms with Gasteiger partial charge in [0.05, 0.1) is 4.90 Å². The summed E-state index contributed by atoms with van der Waals surface area (Å²) in [7, 11) is -0.256. The van der Waals surface area contributed by atoms with Crippen LogP contribution in [0.1, 0.15) is 16.7 Å². The molecule has 0 atom stereocenters. The molecule has 2 aromatic carbocycles. The van der Waals surface area contributed by atoms with Gasteiger partial charge in [-0.05, 0) is 35.2 Å². The summed E-state index contributed by atoms with van der Waals surface area (Å²) in [6, 6.07) is 15.8. The summed E-state index contributed by atoms with van der Waals surface area (Å²) >= 11 is 0. The molecule has 0 saturated heterocycles. The second kappa shape index (κ2) is 6.43. The van der Waals surface area contributed by atoms with Crippen LogP contribution in [0.3, 0.4) is 0 Å². The maximum absolute atomic E-state index is 12.3. The van der Waals surface area contributed by atoms with Gasteiger partial charge in [-0.2, -0.15) is 0 Å². The molecule has 2 aromatic rings. The molecular weight excluding hydrogens is 308 g/mol. The van der Waals surface area contributed by atoms with Gasteiger partial charge in [-0.3, -0.25) is 4.90 Å². The van der Waals surface area contributed by atoms with Gasteiger partial charge in [0, 0.05) is 33.7 Å². The third-order valence-electron chi connectivity index (χ3n) is 4.29. The highest BCUT2D eigenvalue weighted by molar-refractivity contribution is 7.89. The third kappa shape index (κ3) is 3.47. The van der Waals surface area contributed by atoms with Gasteiger partial charge in [-0.25, -0.2) is 12.7 Å². The Hall–Kier alpha value is -1.69. The first-order chi connectivity index (χ1) is 11.0. The molecule has 0 radical (unpaired) electrons. The molecule has 5 heteroatoms. The average molecular weight is 330 g/mol. The lowest BCUT2D eigenvalue weighted by molar-refractivity contribution is 0.245. The molecule has 0 unspecified atom stereocenters. The predicted octanol–water partition coefficient (Wildman–Crippen LogP) is 2.50. The van der Waals surface area contributed by atoms with Crippen molar-refractivity contribution in [1.29, 1.82) is 0 Å². The average Bonchev–Trinajstić information content (AvgIpc) is 2.55. The lowest BCUT2D eigenvalue weighted by atomic mass is 9.99. The summed E-state index contributed by atoms with van der Waals surface area (Å²) in [4.78, 5) is 2.72. The summed E-state index contributed by atoms with van der Waals surface area (Å²) in [6.07, 6.45) is 1.05. The van der Waals surface area contributed by atoms with E-state index in [1.54, 1.807) is 26.2 Å². The van der Waals surface area contributed by atoms with Crippen LogP contribution in [0.15, 0.2) is 53.4 Å². The second-order valence-electron chi connectivity index (χ2n) is 6.16. The molecule has 1 aliphatic heterocycles. The number of benzene rings is 2. The Balaban J connectivity index is 1.77. The highest BCUT2D eigenvalue weighted by Crippen LogP contribution is 2.21. The van der Waals surface area contributed by atoms with E-state index in [0.717, 1.165) is 31.6 Å². The van der Waals surface area contributed by atoms with E-state index in [4.69, 9.17) is 0 Å². The molecule has 3 rings (SSSR count). The van der Waals surface area contributed by atoms with Gasteiger partial charge in [0.15, 0.2) is 0 Å². The van der Waals surface area contributed by atoms with Crippen molar-refractivity contribution in [3.63, 3.8) is 0 Å². The number of hydrogen-bond donors (Lipinski definition) is 0. The van der Waals surface area contributed by atoms with E-state index in [1.165, 1.54) is 15.4 Å². The fourth-order valence-corrected chi connectivity index (χ4v) is 3.93. The van der Waals surface area contributed by atoms with Gasteiger partial charge in [0.1, 0.15) is 0 Å². The van der Waals surface area contributed by atoms with Gasteiger partial charge >= 0.3 is 0 Å². The number of sulfonamides is 1. The first-order valence-electron chi connectivity index (χ1n) is 7.77. The molecule has 23 heavy (non-hydrogen) atoms. The molecule has 0 fully saturated rings. The summed E-state index contributed by atoms with van der Waals surface area (Å²) in [5.74, 6) is 0. The van der Waals surface area contributed by atoms with Crippen LogP contribution >= 0.6 is 0 Å². The molecule has 0 saturated carbocycles. The number of hydrogen-bond acceptors (Lipinski definition) is 3.